The fraction of sp³-hybridized carbons (Fsp3) is 0.158. The van der Waals surface area contributed by atoms with Crippen molar-refractivity contribution in [1.29, 1.82) is 0 Å². The summed E-state index contributed by atoms with van der Waals surface area (Å²) < 4.78 is 0. The van der Waals surface area contributed by atoms with Crippen molar-refractivity contribution in [3.8, 4) is 0 Å². The van der Waals surface area contributed by atoms with Crippen molar-refractivity contribution in [3.63, 3.8) is 0 Å². The van der Waals surface area contributed by atoms with E-state index in [0.717, 1.165) is 10.4 Å². The second-order valence-electron chi connectivity index (χ2n) is 5.32. The van der Waals surface area contributed by atoms with Crippen LogP contribution in [0.1, 0.15) is 22.7 Å². The average molecular weight is 296 g/mol. The molecule has 0 saturated carbocycles. The van der Waals surface area contributed by atoms with Gasteiger partial charge in [-0.2, -0.15) is 0 Å². The van der Waals surface area contributed by atoms with Crippen LogP contribution in [0.2, 0.25) is 5.02 Å². The molecule has 1 nitrogen and oxygen atoms in total. The summed E-state index contributed by atoms with van der Waals surface area (Å²) in [4.78, 5) is 0. The molecule has 0 spiro atoms. The zero-order chi connectivity index (χ0) is 14.8. The molecule has 0 radical (unpaired) electrons. The Morgan fingerprint density at radius 3 is 2.38 bits per heavy atom. The van der Waals surface area contributed by atoms with Gasteiger partial charge in [0.05, 0.1) is 6.04 Å². The van der Waals surface area contributed by atoms with E-state index in [1.54, 1.807) is 0 Å². The topological polar surface area (TPSA) is 12.0 Å². The van der Waals surface area contributed by atoms with Crippen molar-refractivity contribution in [2.24, 2.45) is 0 Å². The van der Waals surface area contributed by atoms with Gasteiger partial charge >= 0.3 is 0 Å². The van der Waals surface area contributed by atoms with E-state index in [-0.39, 0.29) is 6.04 Å². The van der Waals surface area contributed by atoms with Gasteiger partial charge in [-0.25, -0.2) is 0 Å². The van der Waals surface area contributed by atoms with Crippen molar-refractivity contribution in [1.82, 2.24) is 5.32 Å². The molecule has 21 heavy (non-hydrogen) atoms. The molecular formula is C19H18ClN. The molecule has 3 rings (SSSR count). The van der Waals surface area contributed by atoms with Gasteiger partial charge in [0.1, 0.15) is 0 Å². The third kappa shape index (κ3) is 2.67. The Morgan fingerprint density at radius 2 is 1.67 bits per heavy atom. The van der Waals surface area contributed by atoms with Gasteiger partial charge in [-0.05, 0) is 36.6 Å². The van der Waals surface area contributed by atoms with Crippen LogP contribution in [0.15, 0.2) is 60.7 Å². The van der Waals surface area contributed by atoms with Gasteiger partial charge in [0.25, 0.3) is 0 Å². The first-order valence-corrected chi connectivity index (χ1v) is 7.49. The minimum atomic E-state index is 0.159. The first-order chi connectivity index (χ1) is 10.2. The molecule has 0 heterocycles. The second kappa shape index (κ2) is 5.88. The van der Waals surface area contributed by atoms with E-state index in [4.69, 9.17) is 11.6 Å². The van der Waals surface area contributed by atoms with Crippen molar-refractivity contribution in [2.45, 2.75) is 13.0 Å². The van der Waals surface area contributed by atoms with Gasteiger partial charge < -0.3 is 5.32 Å². The van der Waals surface area contributed by atoms with E-state index in [2.05, 4.69) is 60.8 Å². The maximum atomic E-state index is 6.33. The number of nitrogens with one attached hydrogen (secondary N) is 1. The maximum absolute atomic E-state index is 6.33. The highest BCUT2D eigenvalue weighted by Crippen LogP contribution is 2.32. The van der Waals surface area contributed by atoms with Crippen LogP contribution >= 0.6 is 11.6 Å². The van der Waals surface area contributed by atoms with E-state index in [1.807, 2.05) is 19.2 Å². The molecule has 3 aromatic carbocycles. The lowest BCUT2D eigenvalue weighted by Gasteiger charge is -2.20. The summed E-state index contributed by atoms with van der Waals surface area (Å²) in [6.07, 6.45) is 0. The molecule has 1 atom stereocenters. The Labute approximate surface area is 130 Å². The van der Waals surface area contributed by atoms with Gasteiger partial charge in [0, 0.05) is 10.4 Å². The lowest BCUT2D eigenvalue weighted by atomic mass is 9.93. The minimum absolute atomic E-state index is 0.159. The number of benzene rings is 3. The summed E-state index contributed by atoms with van der Waals surface area (Å²) in [5.74, 6) is 0. The largest absolute Gasteiger partial charge is 0.309 e. The predicted octanol–water partition coefficient (Wildman–Crippen LogP) is 5.11. The van der Waals surface area contributed by atoms with E-state index in [1.165, 1.54) is 22.1 Å². The van der Waals surface area contributed by atoms with Crippen LogP contribution in [0.5, 0.6) is 0 Å². The number of aryl methyl sites for hydroxylation is 1. The summed E-state index contributed by atoms with van der Waals surface area (Å²) in [5.41, 5.74) is 3.79. The Morgan fingerprint density at radius 1 is 0.905 bits per heavy atom. The molecule has 0 aliphatic heterocycles. The molecule has 0 amide bonds. The normalized spacial score (nSPS) is 12.5. The number of hydrogen-bond donors (Lipinski definition) is 1. The van der Waals surface area contributed by atoms with Crippen LogP contribution in [0.25, 0.3) is 10.8 Å². The average Bonchev–Trinajstić information content (AvgIpc) is 2.51. The SMILES string of the molecule is CNC(c1cccc(C)c1)c1ccc(Cl)c2ccccc12. The molecule has 1 unspecified atom stereocenters. The molecule has 1 N–H and O–H groups in total. The maximum Gasteiger partial charge on any atom is 0.0580 e. The Bertz CT molecular complexity index is 779. The van der Waals surface area contributed by atoms with Gasteiger partial charge in [0.2, 0.25) is 0 Å². The Hall–Kier alpha value is -1.83. The van der Waals surface area contributed by atoms with Crippen molar-refractivity contribution in [2.75, 3.05) is 7.05 Å². The third-order valence-corrected chi connectivity index (χ3v) is 4.21. The number of hydrogen-bond acceptors (Lipinski definition) is 1. The van der Waals surface area contributed by atoms with E-state index in [9.17, 15) is 0 Å². The molecule has 0 aliphatic carbocycles. The molecule has 0 bridgehead atoms. The molecule has 2 heteroatoms. The Balaban J connectivity index is 2.20. The molecule has 0 aliphatic rings. The van der Waals surface area contributed by atoms with Crippen LogP contribution in [-0.4, -0.2) is 7.05 Å². The molecule has 0 fully saturated rings. The molecule has 0 saturated heterocycles. The predicted molar refractivity (Wildman–Crippen MR) is 91.0 cm³/mol. The zero-order valence-electron chi connectivity index (χ0n) is 12.2. The van der Waals surface area contributed by atoms with Gasteiger partial charge in [-0.1, -0.05) is 71.8 Å². The lowest BCUT2D eigenvalue weighted by Crippen LogP contribution is -2.18. The quantitative estimate of drug-likeness (QED) is 0.708. The number of halogens is 1. The second-order valence-corrected chi connectivity index (χ2v) is 5.73. The fourth-order valence-corrected chi connectivity index (χ4v) is 3.12. The van der Waals surface area contributed by atoms with Crippen LogP contribution in [0.3, 0.4) is 0 Å². The van der Waals surface area contributed by atoms with Crippen LogP contribution in [-0.2, 0) is 0 Å². The zero-order valence-corrected chi connectivity index (χ0v) is 13.0. The smallest absolute Gasteiger partial charge is 0.0580 e. The summed E-state index contributed by atoms with van der Waals surface area (Å²) in [6, 6.07) is 21.2. The van der Waals surface area contributed by atoms with E-state index < -0.39 is 0 Å². The first-order valence-electron chi connectivity index (χ1n) is 7.11. The highest BCUT2D eigenvalue weighted by molar-refractivity contribution is 6.35. The van der Waals surface area contributed by atoms with Crippen molar-refractivity contribution in [3.05, 3.63) is 82.4 Å². The van der Waals surface area contributed by atoms with Gasteiger partial charge in [-0.15, -0.1) is 0 Å². The summed E-state index contributed by atoms with van der Waals surface area (Å²) >= 11 is 6.33. The highest BCUT2D eigenvalue weighted by Gasteiger charge is 2.15. The third-order valence-electron chi connectivity index (χ3n) is 3.88. The molecule has 106 valence electrons. The summed E-state index contributed by atoms with van der Waals surface area (Å²) in [7, 11) is 2.00. The molecule has 3 aromatic rings. The number of fused-ring (bicyclic) bond motifs is 1. The van der Waals surface area contributed by atoms with Crippen molar-refractivity contribution < 1.29 is 0 Å². The highest BCUT2D eigenvalue weighted by atomic mass is 35.5. The Kier molecular flexibility index (Phi) is 3.96. The fourth-order valence-electron chi connectivity index (χ4n) is 2.89. The van der Waals surface area contributed by atoms with E-state index >= 15 is 0 Å². The summed E-state index contributed by atoms with van der Waals surface area (Å²) in [6.45, 7) is 2.12. The van der Waals surface area contributed by atoms with E-state index in [0.29, 0.717) is 0 Å². The van der Waals surface area contributed by atoms with Crippen LogP contribution in [0, 0.1) is 6.92 Å². The van der Waals surface area contributed by atoms with Gasteiger partial charge in [0.15, 0.2) is 0 Å². The lowest BCUT2D eigenvalue weighted by molar-refractivity contribution is 0.696. The standard InChI is InChI=1S/C19H18ClN/c1-13-6-5-7-14(12-13)19(21-2)17-10-11-18(20)16-9-4-3-8-15(16)17/h3-12,19,21H,1-2H3. The van der Waals surface area contributed by atoms with Gasteiger partial charge in [-0.3, -0.25) is 0 Å². The molecule has 0 aromatic heterocycles. The van der Waals surface area contributed by atoms with Crippen molar-refractivity contribution >= 4 is 22.4 Å². The number of rotatable bonds is 3. The van der Waals surface area contributed by atoms with Crippen LogP contribution in [0.4, 0.5) is 0 Å². The summed E-state index contributed by atoms with van der Waals surface area (Å²) in [5, 5.41) is 6.53. The monoisotopic (exact) mass is 295 g/mol. The van der Waals surface area contributed by atoms with Crippen LogP contribution < -0.4 is 5.32 Å². The minimum Gasteiger partial charge on any atom is -0.309 e. The molecular weight excluding hydrogens is 278 g/mol. The first kappa shape index (κ1) is 14.1.